The van der Waals surface area contributed by atoms with Crippen LogP contribution in [0.1, 0.15) is 5.56 Å². The molecule has 1 saturated heterocycles. The van der Waals surface area contributed by atoms with Gasteiger partial charge in [-0.25, -0.2) is 0 Å². The van der Waals surface area contributed by atoms with Crippen molar-refractivity contribution in [3.63, 3.8) is 0 Å². The summed E-state index contributed by atoms with van der Waals surface area (Å²) in [6, 6.07) is 10.3. The highest BCUT2D eigenvalue weighted by Gasteiger charge is 2.44. The number of ether oxygens (including phenoxy) is 3. The molecule has 0 radical (unpaired) electrons. The van der Waals surface area contributed by atoms with Gasteiger partial charge in [0.05, 0.1) is 22.0 Å². The normalized spacial score (nSPS) is 23.0. The Morgan fingerprint density at radius 2 is 1.72 bits per heavy atom. The first-order valence-corrected chi connectivity index (χ1v) is 9.98. The van der Waals surface area contributed by atoms with Crippen LogP contribution in [0.3, 0.4) is 0 Å². The van der Waals surface area contributed by atoms with E-state index in [1.54, 1.807) is 36.4 Å². The average Bonchev–Trinajstić information content (AvgIpc) is 2.98. The second-order valence-corrected chi connectivity index (χ2v) is 7.70. The molecule has 1 heterocycles. The van der Waals surface area contributed by atoms with Gasteiger partial charge < -0.3 is 14.2 Å². The fourth-order valence-electron chi connectivity index (χ4n) is 2.50. The van der Waals surface area contributed by atoms with Crippen molar-refractivity contribution in [2.75, 3.05) is 18.5 Å². The summed E-state index contributed by atoms with van der Waals surface area (Å²) in [4.78, 5) is 0. The molecule has 0 aromatic heterocycles. The Labute approximate surface area is 174 Å². The molecule has 8 heteroatoms. The Kier molecular flexibility index (Phi) is 6.43. The van der Waals surface area contributed by atoms with Crippen molar-refractivity contribution >= 4 is 62.3 Å². The van der Waals surface area contributed by atoms with E-state index in [2.05, 4.69) is 15.9 Å². The molecule has 0 saturated carbocycles. The molecular weight excluding hydrogens is 474 g/mol. The maximum atomic E-state index is 6.31. The van der Waals surface area contributed by atoms with Gasteiger partial charge in [-0.3, -0.25) is 0 Å². The van der Waals surface area contributed by atoms with Gasteiger partial charge in [-0.1, -0.05) is 68.4 Å². The van der Waals surface area contributed by atoms with Gasteiger partial charge in [-0.05, 0) is 30.3 Å². The molecule has 2 aromatic rings. The highest BCUT2D eigenvalue weighted by molar-refractivity contribution is 9.09. The average molecular weight is 487 g/mol. The van der Waals surface area contributed by atoms with E-state index in [0.29, 0.717) is 43.3 Å². The summed E-state index contributed by atoms with van der Waals surface area (Å²) < 4.78 is 17.7. The quantitative estimate of drug-likeness (QED) is 0.461. The van der Waals surface area contributed by atoms with Crippen molar-refractivity contribution in [3.8, 4) is 5.75 Å². The third kappa shape index (κ3) is 4.38. The molecule has 0 N–H and O–H groups in total. The Bertz CT molecular complexity index is 774. The highest BCUT2D eigenvalue weighted by atomic mass is 79.9. The van der Waals surface area contributed by atoms with Gasteiger partial charge in [-0.2, -0.15) is 0 Å². The Morgan fingerprint density at radius 3 is 2.36 bits per heavy atom. The molecule has 3 rings (SSSR count). The minimum atomic E-state index is -0.987. The molecule has 1 aliphatic heterocycles. The monoisotopic (exact) mass is 484 g/mol. The maximum absolute atomic E-state index is 6.31. The summed E-state index contributed by atoms with van der Waals surface area (Å²) >= 11 is 27.7. The highest BCUT2D eigenvalue weighted by Crippen LogP contribution is 2.40. The second kappa shape index (κ2) is 8.22. The minimum Gasteiger partial charge on any atom is -0.489 e. The Morgan fingerprint density at radius 1 is 1.04 bits per heavy atom. The van der Waals surface area contributed by atoms with Crippen molar-refractivity contribution in [1.82, 2.24) is 0 Å². The predicted molar refractivity (Wildman–Crippen MR) is 105 cm³/mol. The molecule has 1 aliphatic rings. The first kappa shape index (κ1) is 19.6. The molecule has 3 nitrogen and oxygen atoms in total. The summed E-state index contributed by atoms with van der Waals surface area (Å²) in [5, 5.41) is 2.44. The van der Waals surface area contributed by atoms with Gasteiger partial charge in [0, 0.05) is 15.6 Å². The number of halogens is 5. The van der Waals surface area contributed by atoms with Crippen molar-refractivity contribution < 1.29 is 14.2 Å². The smallest absolute Gasteiger partial charge is 0.206 e. The summed E-state index contributed by atoms with van der Waals surface area (Å²) in [5.74, 6) is -0.449. The molecule has 0 spiro atoms. The van der Waals surface area contributed by atoms with E-state index in [1.807, 2.05) is 0 Å². The van der Waals surface area contributed by atoms with Gasteiger partial charge in [-0.15, -0.1) is 0 Å². The van der Waals surface area contributed by atoms with Gasteiger partial charge in [0.2, 0.25) is 5.79 Å². The lowest BCUT2D eigenvalue weighted by molar-refractivity contribution is -0.159. The number of rotatable bonds is 5. The lowest BCUT2D eigenvalue weighted by Crippen LogP contribution is -2.31. The molecule has 134 valence electrons. The van der Waals surface area contributed by atoms with Crippen LogP contribution in [0.25, 0.3) is 0 Å². The van der Waals surface area contributed by atoms with E-state index in [1.165, 1.54) is 0 Å². The van der Waals surface area contributed by atoms with Gasteiger partial charge >= 0.3 is 0 Å². The van der Waals surface area contributed by atoms with Crippen LogP contribution in [0.2, 0.25) is 20.1 Å². The summed E-state index contributed by atoms with van der Waals surface area (Å²) in [6.45, 7) is 0.636. The fourth-order valence-corrected chi connectivity index (χ4v) is 4.12. The van der Waals surface area contributed by atoms with Crippen molar-refractivity contribution in [2.45, 2.75) is 11.9 Å². The third-order valence-corrected chi connectivity index (χ3v) is 5.51. The van der Waals surface area contributed by atoms with Crippen LogP contribution in [-0.2, 0) is 15.3 Å². The molecule has 2 aromatic carbocycles. The van der Waals surface area contributed by atoms with Crippen molar-refractivity contribution in [2.24, 2.45) is 0 Å². The van der Waals surface area contributed by atoms with E-state index >= 15 is 0 Å². The molecule has 2 atom stereocenters. The summed E-state index contributed by atoms with van der Waals surface area (Å²) in [7, 11) is 0. The van der Waals surface area contributed by atoms with Crippen LogP contribution < -0.4 is 4.74 Å². The number of hydrogen-bond donors (Lipinski definition) is 0. The van der Waals surface area contributed by atoms with Crippen molar-refractivity contribution in [1.29, 1.82) is 0 Å². The zero-order chi connectivity index (χ0) is 18.0. The van der Waals surface area contributed by atoms with Gasteiger partial charge in [0.25, 0.3) is 0 Å². The maximum Gasteiger partial charge on any atom is 0.206 e. The van der Waals surface area contributed by atoms with E-state index < -0.39 is 5.79 Å². The standard InChI is InChI=1S/C17H13BrCl4O3/c18-9-17(13-3-1-10(19)5-14(13)21)24-8-12(25-17)7-23-16-4-2-11(20)6-15(16)22/h1-6,12H,7-9H2. The predicted octanol–water partition coefficient (Wildman–Crippen LogP) is 6.34. The molecule has 2 unspecified atom stereocenters. The lowest BCUT2D eigenvalue weighted by atomic mass is 10.1. The van der Waals surface area contributed by atoms with Crippen molar-refractivity contribution in [3.05, 3.63) is 62.1 Å². The SMILES string of the molecule is Clc1ccc(OCC2COC(CBr)(c3ccc(Cl)cc3Cl)O2)c(Cl)c1. The van der Waals surface area contributed by atoms with Gasteiger partial charge in [0.1, 0.15) is 18.5 Å². The molecule has 0 amide bonds. The van der Waals surface area contributed by atoms with Crippen LogP contribution in [-0.4, -0.2) is 24.6 Å². The van der Waals surface area contributed by atoms with Crippen LogP contribution in [0.5, 0.6) is 5.75 Å². The third-order valence-electron chi connectivity index (χ3n) is 3.70. The lowest BCUT2D eigenvalue weighted by Gasteiger charge is -2.27. The topological polar surface area (TPSA) is 27.7 Å². The van der Waals surface area contributed by atoms with E-state index in [-0.39, 0.29) is 12.7 Å². The largest absolute Gasteiger partial charge is 0.489 e. The Balaban J connectivity index is 1.70. The number of alkyl halides is 1. The summed E-state index contributed by atoms with van der Waals surface area (Å²) in [5.41, 5.74) is 0.711. The Hall–Kier alpha value is -0.200. The zero-order valence-corrected chi connectivity index (χ0v) is 17.4. The second-order valence-electron chi connectivity index (χ2n) is 5.45. The molecule has 1 fully saturated rings. The molecule has 0 bridgehead atoms. The van der Waals surface area contributed by atoms with Gasteiger partial charge in [0.15, 0.2) is 0 Å². The van der Waals surface area contributed by atoms with Crippen LogP contribution in [0.4, 0.5) is 0 Å². The molecular formula is C17H13BrCl4O3. The van der Waals surface area contributed by atoms with Crippen LogP contribution in [0.15, 0.2) is 36.4 Å². The van der Waals surface area contributed by atoms with E-state index in [4.69, 9.17) is 60.6 Å². The molecule has 0 aliphatic carbocycles. The first-order chi connectivity index (χ1) is 11.9. The van der Waals surface area contributed by atoms with E-state index in [0.717, 1.165) is 0 Å². The number of hydrogen-bond acceptors (Lipinski definition) is 3. The minimum absolute atomic E-state index is 0.279. The zero-order valence-electron chi connectivity index (χ0n) is 12.8. The first-order valence-electron chi connectivity index (χ1n) is 7.34. The van der Waals surface area contributed by atoms with Crippen LogP contribution in [0, 0.1) is 0 Å². The fraction of sp³-hybridized carbons (Fsp3) is 0.294. The summed E-state index contributed by atoms with van der Waals surface area (Å²) in [6.07, 6.45) is -0.281. The number of benzene rings is 2. The van der Waals surface area contributed by atoms with E-state index in [9.17, 15) is 0 Å². The van der Waals surface area contributed by atoms with Crippen LogP contribution >= 0.6 is 62.3 Å². The molecule has 25 heavy (non-hydrogen) atoms.